The fraction of sp³-hybridized carbons (Fsp3) is 0.148. The van der Waals surface area contributed by atoms with Crippen LogP contribution >= 0.6 is 23.4 Å². The fourth-order valence-corrected chi connectivity index (χ4v) is 4.39. The van der Waals surface area contributed by atoms with E-state index in [9.17, 15) is 14.4 Å². The molecule has 7 nitrogen and oxygen atoms in total. The molecular formula is C27H23ClN2O5S. The van der Waals surface area contributed by atoms with E-state index in [1.807, 2.05) is 37.3 Å². The van der Waals surface area contributed by atoms with E-state index in [1.54, 1.807) is 48.5 Å². The average Bonchev–Trinajstić information content (AvgIpc) is 3.12. The Morgan fingerprint density at radius 3 is 2.47 bits per heavy atom. The molecule has 3 aromatic carbocycles. The number of rotatable bonds is 9. The average molecular weight is 523 g/mol. The van der Waals surface area contributed by atoms with Gasteiger partial charge in [0.25, 0.3) is 11.1 Å². The molecular weight excluding hydrogens is 500 g/mol. The van der Waals surface area contributed by atoms with Crippen LogP contribution in [0.3, 0.4) is 0 Å². The molecule has 0 spiro atoms. The summed E-state index contributed by atoms with van der Waals surface area (Å²) in [5, 5.41) is 2.67. The van der Waals surface area contributed by atoms with Crippen molar-refractivity contribution in [3.63, 3.8) is 0 Å². The number of carbonyl (C=O) groups is 3. The van der Waals surface area contributed by atoms with Gasteiger partial charge in [-0.2, -0.15) is 0 Å². The summed E-state index contributed by atoms with van der Waals surface area (Å²) >= 11 is 6.78. The van der Waals surface area contributed by atoms with E-state index in [4.69, 9.17) is 21.1 Å². The maximum absolute atomic E-state index is 12.8. The van der Waals surface area contributed by atoms with Crippen LogP contribution in [-0.4, -0.2) is 41.7 Å². The Morgan fingerprint density at radius 2 is 1.69 bits per heavy atom. The molecule has 1 saturated heterocycles. The first kappa shape index (κ1) is 25.3. The van der Waals surface area contributed by atoms with Crippen molar-refractivity contribution < 1.29 is 23.9 Å². The molecule has 0 radical (unpaired) electrons. The quantitative estimate of drug-likeness (QED) is 0.283. The number of benzene rings is 3. The molecule has 36 heavy (non-hydrogen) atoms. The molecule has 9 heteroatoms. The Hall–Kier alpha value is -3.75. The molecule has 4 rings (SSSR count). The first-order valence-electron chi connectivity index (χ1n) is 11.1. The first-order valence-corrected chi connectivity index (χ1v) is 12.3. The number of hydrogen-bond donors (Lipinski definition) is 1. The summed E-state index contributed by atoms with van der Waals surface area (Å²) in [5.41, 5.74) is 2.04. The molecule has 0 aromatic heterocycles. The minimum atomic E-state index is -0.523. The van der Waals surface area contributed by atoms with Crippen LogP contribution in [0.15, 0.2) is 77.7 Å². The van der Waals surface area contributed by atoms with Crippen LogP contribution in [-0.2, 0) is 9.59 Å². The molecule has 1 aliphatic rings. The standard InChI is InChI=1S/C27H23ClN2O5S/c1-18-10-11-20(28)16-23(18)29-25(31)17-30-26(32)24(36-27(30)33)15-19-6-5-9-22(14-19)35-13-12-34-21-7-3-2-4-8-21/h2-11,14-16H,12-13,17H2,1H3,(H,29,31)/b24-15+. The van der Waals surface area contributed by atoms with E-state index >= 15 is 0 Å². The predicted octanol–water partition coefficient (Wildman–Crippen LogP) is 5.78. The molecule has 0 saturated carbocycles. The number of amides is 3. The third kappa shape index (κ3) is 6.68. The van der Waals surface area contributed by atoms with Gasteiger partial charge in [-0.25, -0.2) is 0 Å². The highest BCUT2D eigenvalue weighted by Crippen LogP contribution is 2.32. The number of para-hydroxylation sites is 1. The maximum atomic E-state index is 12.8. The molecule has 184 valence electrons. The number of halogens is 1. The van der Waals surface area contributed by atoms with E-state index in [-0.39, 0.29) is 4.91 Å². The van der Waals surface area contributed by atoms with Crippen molar-refractivity contribution in [3.05, 3.63) is 93.9 Å². The van der Waals surface area contributed by atoms with Crippen molar-refractivity contribution in [2.45, 2.75) is 6.92 Å². The van der Waals surface area contributed by atoms with Gasteiger partial charge in [-0.05, 0) is 72.3 Å². The number of imide groups is 1. The van der Waals surface area contributed by atoms with Gasteiger partial charge in [-0.1, -0.05) is 48.0 Å². The lowest BCUT2D eigenvalue weighted by molar-refractivity contribution is -0.127. The number of hydrogen-bond acceptors (Lipinski definition) is 6. The number of anilines is 1. The molecule has 0 aliphatic carbocycles. The summed E-state index contributed by atoms with van der Waals surface area (Å²) < 4.78 is 11.4. The number of carbonyl (C=O) groups excluding carboxylic acids is 3. The Morgan fingerprint density at radius 1 is 0.972 bits per heavy atom. The summed E-state index contributed by atoms with van der Waals surface area (Å²) in [6.45, 7) is 2.15. The summed E-state index contributed by atoms with van der Waals surface area (Å²) in [6, 6.07) is 21.7. The van der Waals surface area contributed by atoms with E-state index in [0.717, 1.165) is 28.0 Å². The minimum Gasteiger partial charge on any atom is -0.490 e. The number of aryl methyl sites for hydroxylation is 1. The highest BCUT2D eigenvalue weighted by molar-refractivity contribution is 8.18. The third-order valence-corrected chi connectivity index (χ3v) is 6.31. The van der Waals surface area contributed by atoms with Gasteiger partial charge in [0.2, 0.25) is 5.91 Å². The Labute approximate surface area is 218 Å². The Bertz CT molecular complexity index is 1310. The molecule has 1 aliphatic heterocycles. The van der Waals surface area contributed by atoms with Gasteiger partial charge in [-0.15, -0.1) is 0 Å². The van der Waals surface area contributed by atoms with Gasteiger partial charge in [0.1, 0.15) is 31.3 Å². The fourth-order valence-electron chi connectivity index (χ4n) is 3.38. The maximum Gasteiger partial charge on any atom is 0.294 e. The molecule has 3 aromatic rings. The van der Waals surface area contributed by atoms with Crippen LogP contribution < -0.4 is 14.8 Å². The topological polar surface area (TPSA) is 84.9 Å². The van der Waals surface area contributed by atoms with Crippen LogP contribution in [0.1, 0.15) is 11.1 Å². The summed E-state index contributed by atoms with van der Waals surface area (Å²) in [4.78, 5) is 38.9. The summed E-state index contributed by atoms with van der Waals surface area (Å²) in [6.07, 6.45) is 1.61. The van der Waals surface area contributed by atoms with Crippen molar-refractivity contribution in [1.29, 1.82) is 0 Å². The second-order valence-corrected chi connectivity index (χ2v) is 9.29. The third-order valence-electron chi connectivity index (χ3n) is 5.17. The summed E-state index contributed by atoms with van der Waals surface area (Å²) in [5.74, 6) is 0.362. The second kappa shape index (κ2) is 11.8. The molecule has 0 bridgehead atoms. The molecule has 0 atom stereocenters. The van der Waals surface area contributed by atoms with Gasteiger partial charge in [0.15, 0.2) is 0 Å². The van der Waals surface area contributed by atoms with Crippen LogP contribution in [0.4, 0.5) is 10.5 Å². The number of nitrogens with zero attached hydrogens (tertiary/aromatic N) is 1. The lowest BCUT2D eigenvalue weighted by Crippen LogP contribution is -2.36. The lowest BCUT2D eigenvalue weighted by Gasteiger charge is -2.13. The minimum absolute atomic E-state index is 0.233. The number of thioether (sulfide) groups is 1. The molecule has 1 fully saturated rings. The van der Waals surface area contributed by atoms with Crippen molar-refractivity contribution in [1.82, 2.24) is 4.90 Å². The van der Waals surface area contributed by atoms with E-state index in [2.05, 4.69) is 5.32 Å². The van der Waals surface area contributed by atoms with Gasteiger partial charge in [0, 0.05) is 10.7 Å². The number of ether oxygens (including phenoxy) is 2. The van der Waals surface area contributed by atoms with Crippen LogP contribution in [0.2, 0.25) is 5.02 Å². The Kier molecular flexibility index (Phi) is 8.30. The SMILES string of the molecule is Cc1ccc(Cl)cc1NC(=O)CN1C(=O)S/C(=C/c2cccc(OCCOc3ccccc3)c2)C1=O. The van der Waals surface area contributed by atoms with Crippen molar-refractivity contribution >= 4 is 52.2 Å². The van der Waals surface area contributed by atoms with Crippen molar-refractivity contribution in [2.24, 2.45) is 0 Å². The van der Waals surface area contributed by atoms with Crippen molar-refractivity contribution in [3.8, 4) is 11.5 Å². The normalized spacial score (nSPS) is 14.3. The van der Waals surface area contributed by atoms with E-state index in [0.29, 0.717) is 35.2 Å². The van der Waals surface area contributed by atoms with Gasteiger partial charge >= 0.3 is 0 Å². The van der Waals surface area contributed by atoms with Gasteiger partial charge < -0.3 is 14.8 Å². The predicted molar refractivity (Wildman–Crippen MR) is 141 cm³/mol. The van der Waals surface area contributed by atoms with E-state index in [1.165, 1.54) is 0 Å². The van der Waals surface area contributed by atoms with Crippen molar-refractivity contribution in [2.75, 3.05) is 25.1 Å². The van der Waals surface area contributed by atoms with E-state index < -0.39 is 23.6 Å². The van der Waals surface area contributed by atoms with Gasteiger partial charge in [0.05, 0.1) is 4.91 Å². The molecule has 1 N–H and O–H groups in total. The first-order chi connectivity index (χ1) is 17.4. The smallest absolute Gasteiger partial charge is 0.294 e. The monoisotopic (exact) mass is 522 g/mol. The van der Waals surface area contributed by atoms with Crippen LogP contribution in [0.25, 0.3) is 6.08 Å². The largest absolute Gasteiger partial charge is 0.490 e. The summed E-state index contributed by atoms with van der Waals surface area (Å²) in [7, 11) is 0. The highest BCUT2D eigenvalue weighted by Gasteiger charge is 2.36. The zero-order valence-electron chi connectivity index (χ0n) is 19.4. The lowest BCUT2D eigenvalue weighted by atomic mass is 10.2. The molecule has 1 heterocycles. The van der Waals surface area contributed by atoms with Crippen LogP contribution in [0.5, 0.6) is 11.5 Å². The molecule has 0 unspecified atom stereocenters. The number of nitrogens with one attached hydrogen (secondary N) is 1. The molecule has 3 amide bonds. The van der Waals surface area contributed by atoms with Crippen LogP contribution in [0, 0.1) is 6.92 Å². The zero-order valence-corrected chi connectivity index (χ0v) is 21.0. The second-order valence-electron chi connectivity index (χ2n) is 7.86. The Balaban J connectivity index is 1.34. The zero-order chi connectivity index (χ0) is 25.5. The highest BCUT2D eigenvalue weighted by atomic mass is 35.5. The van der Waals surface area contributed by atoms with Gasteiger partial charge in [-0.3, -0.25) is 19.3 Å².